The number of likely N-dealkylation sites (tertiary alicyclic amines) is 1. The summed E-state index contributed by atoms with van der Waals surface area (Å²) in [5.41, 5.74) is 1.29. The Morgan fingerprint density at radius 2 is 2.00 bits per heavy atom. The molecule has 0 aromatic heterocycles. The van der Waals surface area contributed by atoms with Gasteiger partial charge in [0.25, 0.3) is 0 Å². The summed E-state index contributed by atoms with van der Waals surface area (Å²) in [6.45, 7) is 2.87. The standard InChI is InChI=1S/C13H15NO2/c15-12-6-13(9-16-10-13)14(8-12)7-11-4-2-1-3-5-11/h1-5H,6-10H2. The monoisotopic (exact) mass is 217 g/mol. The zero-order valence-corrected chi connectivity index (χ0v) is 9.19. The van der Waals surface area contributed by atoms with E-state index in [0.29, 0.717) is 32.0 Å². The predicted molar refractivity (Wildman–Crippen MR) is 60.0 cm³/mol. The van der Waals surface area contributed by atoms with Gasteiger partial charge in [-0.3, -0.25) is 9.69 Å². The summed E-state index contributed by atoms with van der Waals surface area (Å²) >= 11 is 0. The van der Waals surface area contributed by atoms with Crippen molar-refractivity contribution in [2.45, 2.75) is 18.5 Å². The number of Topliss-reactive ketones (excluding diaryl/α,β-unsaturated/α-hetero) is 1. The van der Waals surface area contributed by atoms with Crippen molar-refractivity contribution < 1.29 is 9.53 Å². The lowest BCUT2D eigenvalue weighted by atomic mass is 9.93. The fourth-order valence-corrected chi connectivity index (χ4v) is 2.57. The topological polar surface area (TPSA) is 29.5 Å². The molecule has 84 valence electrons. The van der Waals surface area contributed by atoms with E-state index in [2.05, 4.69) is 17.0 Å². The van der Waals surface area contributed by atoms with Gasteiger partial charge in [-0.2, -0.15) is 0 Å². The lowest BCUT2D eigenvalue weighted by Crippen LogP contribution is -2.58. The van der Waals surface area contributed by atoms with E-state index in [1.807, 2.05) is 18.2 Å². The molecule has 1 spiro atoms. The highest BCUT2D eigenvalue weighted by atomic mass is 16.5. The van der Waals surface area contributed by atoms with Crippen LogP contribution in [0.4, 0.5) is 0 Å². The number of hydrogen-bond donors (Lipinski definition) is 0. The average molecular weight is 217 g/mol. The van der Waals surface area contributed by atoms with Crippen LogP contribution in [0.25, 0.3) is 0 Å². The molecule has 3 rings (SSSR count). The van der Waals surface area contributed by atoms with Gasteiger partial charge in [0.1, 0.15) is 5.78 Å². The summed E-state index contributed by atoms with van der Waals surface area (Å²) in [5.74, 6) is 0.347. The lowest BCUT2D eigenvalue weighted by Gasteiger charge is -2.44. The van der Waals surface area contributed by atoms with Crippen LogP contribution in [0.15, 0.2) is 30.3 Å². The number of ether oxygens (including phenoxy) is 1. The summed E-state index contributed by atoms with van der Waals surface area (Å²) in [4.78, 5) is 13.8. The molecule has 0 N–H and O–H groups in total. The van der Waals surface area contributed by atoms with E-state index in [4.69, 9.17) is 4.74 Å². The Labute approximate surface area is 95.0 Å². The Bertz CT molecular complexity index is 398. The molecule has 1 aromatic carbocycles. The molecule has 1 aromatic rings. The van der Waals surface area contributed by atoms with Crippen LogP contribution in [0.3, 0.4) is 0 Å². The van der Waals surface area contributed by atoms with Crippen LogP contribution in [-0.4, -0.2) is 36.0 Å². The van der Waals surface area contributed by atoms with Gasteiger partial charge < -0.3 is 4.74 Å². The molecule has 2 heterocycles. The minimum atomic E-state index is 0.0208. The van der Waals surface area contributed by atoms with Crippen LogP contribution in [-0.2, 0) is 16.1 Å². The molecule has 2 saturated heterocycles. The fourth-order valence-electron chi connectivity index (χ4n) is 2.57. The van der Waals surface area contributed by atoms with Crippen molar-refractivity contribution >= 4 is 5.78 Å². The first-order valence-electron chi connectivity index (χ1n) is 5.67. The smallest absolute Gasteiger partial charge is 0.148 e. The molecule has 2 aliphatic rings. The van der Waals surface area contributed by atoms with Gasteiger partial charge in [0.05, 0.1) is 25.3 Å². The first-order valence-corrected chi connectivity index (χ1v) is 5.67. The second kappa shape index (κ2) is 3.68. The van der Waals surface area contributed by atoms with Gasteiger partial charge in [-0.25, -0.2) is 0 Å². The molecular weight excluding hydrogens is 202 g/mol. The maximum Gasteiger partial charge on any atom is 0.148 e. The van der Waals surface area contributed by atoms with Crippen molar-refractivity contribution in [2.24, 2.45) is 0 Å². The number of carbonyl (C=O) groups excluding carboxylic acids is 1. The van der Waals surface area contributed by atoms with Crippen LogP contribution in [0, 0.1) is 0 Å². The Hall–Kier alpha value is -1.19. The van der Waals surface area contributed by atoms with E-state index in [0.717, 1.165) is 6.54 Å². The third-order valence-corrected chi connectivity index (χ3v) is 3.52. The third kappa shape index (κ3) is 1.56. The van der Waals surface area contributed by atoms with Crippen LogP contribution in [0.2, 0.25) is 0 Å². The molecule has 0 unspecified atom stereocenters. The molecule has 2 aliphatic heterocycles. The maximum atomic E-state index is 11.6. The minimum Gasteiger partial charge on any atom is -0.377 e. The Morgan fingerprint density at radius 1 is 1.25 bits per heavy atom. The number of benzene rings is 1. The molecule has 0 amide bonds. The second-order valence-electron chi connectivity index (χ2n) is 4.77. The van der Waals surface area contributed by atoms with Crippen LogP contribution in [0.1, 0.15) is 12.0 Å². The number of hydrogen-bond acceptors (Lipinski definition) is 3. The molecule has 3 nitrogen and oxygen atoms in total. The zero-order chi connectivity index (χ0) is 11.0. The van der Waals surface area contributed by atoms with Crippen molar-refractivity contribution in [3.8, 4) is 0 Å². The predicted octanol–water partition coefficient (Wildman–Crippen LogP) is 1.23. The molecule has 0 saturated carbocycles. The van der Waals surface area contributed by atoms with Gasteiger partial charge in [-0.15, -0.1) is 0 Å². The van der Waals surface area contributed by atoms with Gasteiger partial charge in [0, 0.05) is 13.0 Å². The van der Waals surface area contributed by atoms with Gasteiger partial charge in [-0.05, 0) is 5.56 Å². The third-order valence-electron chi connectivity index (χ3n) is 3.52. The van der Waals surface area contributed by atoms with E-state index >= 15 is 0 Å². The summed E-state index contributed by atoms with van der Waals surface area (Å²) in [7, 11) is 0. The second-order valence-corrected chi connectivity index (χ2v) is 4.77. The Kier molecular flexibility index (Phi) is 2.30. The van der Waals surface area contributed by atoms with Crippen molar-refractivity contribution in [1.29, 1.82) is 0 Å². The Balaban J connectivity index is 1.77. The first kappa shape index (κ1) is 10.00. The molecule has 16 heavy (non-hydrogen) atoms. The van der Waals surface area contributed by atoms with Crippen molar-refractivity contribution in [1.82, 2.24) is 4.90 Å². The average Bonchev–Trinajstić information content (AvgIpc) is 2.56. The molecule has 0 radical (unpaired) electrons. The summed E-state index contributed by atoms with van der Waals surface area (Å²) < 4.78 is 5.28. The highest BCUT2D eigenvalue weighted by Crippen LogP contribution is 2.35. The van der Waals surface area contributed by atoms with Crippen LogP contribution < -0.4 is 0 Å². The van der Waals surface area contributed by atoms with E-state index < -0.39 is 0 Å². The number of nitrogens with zero attached hydrogens (tertiary/aromatic N) is 1. The van der Waals surface area contributed by atoms with Crippen molar-refractivity contribution in [3.63, 3.8) is 0 Å². The first-order chi connectivity index (χ1) is 7.78. The highest BCUT2D eigenvalue weighted by Gasteiger charge is 2.50. The fraction of sp³-hybridized carbons (Fsp3) is 0.462. The van der Waals surface area contributed by atoms with Crippen molar-refractivity contribution in [3.05, 3.63) is 35.9 Å². The van der Waals surface area contributed by atoms with Crippen molar-refractivity contribution in [2.75, 3.05) is 19.8 Å². The van der Waals surface area contributed by atoms with Crippen LogP contribution in [0.5, 0.6) is 0 Å². The molecule has 0 aliphatic carbocycles. The van der Waals surface area contributed by atoms with Gasteiger partial charge in [0.2, 0.25) is 0 Å². The SMILES string of the molecule is O=C1CN(Cc2ccccc2)C2(COC2)C1. The van der Waals surface area contributed by atoms with Gasteiger partial charge in [-0.1, -0.05) is 30.3 Å². The molecule has 2 fully saturated rings. The largest absolute Gasteiger partial charge is 0.377 e. The zero-order valence-electron chi connectivity index (χ0n) is 9.19. The van der Waals surface area contributed by atoms with Gasteiger partial charge >= 0.3 is 0 Å². The molecule has 0 bridgehead atoms. The van der Waals surface area contributed by atoms with E-state index in [1.165, 1.54) is 5.56 Å². The van der Waals surface area contributed by atoms with E-state index in [1.54, 1.807) is 0 Å². The quantitative estimate of drug-likeness (QED) is 0.746. The molecule has 0 atom stereocenters. The van der Waals surface area contributed by atoms with E-state index in [9.17, 15) is 4.79 Å². The van der Waals surface area contributed by atoms with E-state index in [-0.39, 0.29) is 5.54 Å². The summed E-state index contributed by atoms with van der Waals surface area (Å²) in [6, 6.07) is 10.3. The molecular formula is C13H15NO2. The normalized spacial score (nSPS) is 23.6. The number of ketones is 1. The highest BCUT2D eigenvalue weighted by molar-refractivity contribution is 5.84. The number of carbonyl (C=O) groups is 1. The number of rotatable bonds is 2. The minimum absolute atomic E-state index is 0.0208. The summed E-state index contributed by atoms with van der Waals surface area (Å²) in [5, 5.41) is 0. The maximum absolute atomic E-state index is 11.6. The van der Waals surface area contributed by atoms with Crippen LogP contribution >= 0.6 is 0 Å². The Morgan fingerprint density at radius 3 is 2.62 bits per heavy atom. The van der Waals surface area contributed by atoms with Gasteiger partial charge in [0.15, 0.2) is 0 Å². The summed E-state index contributed by atoms with van der Waals surface area (Å²) in [6.07, 6.45) is 0.667. The lowest BCUT2D eigenvalue weighted by molar-refractivity contribution is -0.128. The molecule has 3 heteroatoms.